The van der Waals surface area contributed by atoms with Crippen LogP contribution in [-0.4, -0.2) is 23.0 Å². The van der Waals surface area contributed by atoms with Crippen molar-refractivity contribution in [2.75, 3.05) is 0 Å². The lowest BCUT2D eigenvalue weighted by Gasteiger charge is -2.22. The second-order valence-electron chi connectivity index (χ2n) is 6.63. The van der Waals surface area contributed by atoms with Crippen LogP contribution in [0.1, 0.15) is 58.4 Å². The molecule has 3 rings (SSSR count). The fourth-order valence-electron chi connectivity index (χ4n) is 3.18. The Morgan fingerprint density at radius 1 is 1.00 bits per heavy atom. The number of rotatable bonds is 6. The second-order valence-corrected chi connectivity index (χ2v) is 6.63. The predicted octanol–water partition coefficient (Wildman–Crippen LogP) is 4.03. The van der Waals surface area contributed by atoms with Crippen molar-refractivity contribution < 1.29 is 19.4 Å². The third-order valence-corrected chi connectivity index (χ3v) is 4.64. The van der Waals surface area contributed by atoms with Gasteiger partial charge in [-0.2, -0.15) is 0 Å². The molecule has 0 radical (unpaired) electrons. The van der Waals surface area contributed by atoms with Crippen LogP contribution in [0.3, 0.4) is 0 Å². The topological polar surface area (TPSA) is 75.6 Å². The summed E-state index contributed by atoms with van der Waals surface area (Å²) in [5, 5.41) is 12.1. The highest BCUT2D eigenvalue weighted by Crippen LogP contribution is 2.19. The Hall–Kier alpha value is -2.82. The lowest BCUT2D eigenvalue weighted by atomic mass is 9.95. The molecule has 2 aromatic carbocycles. The molecule has 0 saturated heterocycles. The maximum atomic E-state index is 12.3. The maximum absolute atomic E-state index is 12.3. The Morgan fingerprint density at radius 3 is 2.42 bits per heavy atom. The molecule has 2 aromatic rings. The normalized spacial score (nSPS) is 14.6. The minimum atomic E-state index is -0.958. The van der Waals surface area contributed by atoms with Gasteiger partial charge in [-0.05, 0) is 54.8 Å². The first-order valence-electron chi connectivity index (χ1n) is 8.98. The van der Waals surface area contributed by atoms with Crippen LogP contribution in [0.5, 0.6) is 5.75 Å². The van der Waals surface area contributed by atoms with Gasteiger partial charge in [-0.15, -0.1) is 0 Å². The molecule has 5 nitrogen and oxygen atoms in total. The lowest BCUT2D eigenvalue weighted by Crippen LogP contribution is -2.36. The largest absolute Gasteiger partial charge is 0.489 e. The molecule has 1 saturated carbocycles. The van der Waals surface area contributed by atoms with Gasteiger partial charge in [0.15, 0.2) is 0 Å². The smallest absolute Gasteiger partial charge is 0.335 e. The van der Waals surface area contributed by atoms with Crippen LogP contribution in [0.25, 0.3) is 0 Å². The highest BCUT2D eigenvalue weighted by molar-refractivity contribution is 5.94. The van der Waals surface area contributed by atoms with E-state index in [0.717, 1.165) is 18.4 Å². The Kier molecular flexibility index (Phi) is 5.89. The SMILES string of the molecule is O=C(O)c1cccc(COc2ccc(C(=O)NC3CCCCC3)cc2)c1. The van der Waals surface area contributed by atoms with Crippen LogP contribution in [0.2, 0.25) is 0 Å². The number of amides is 1. The zero-order chi connectivity index (χ0) is 18.4. The summed E-state index contributed by atoms with van der Waals surface area (Å²) in [6.07, 6.45) is 5.74. The van der Waals surface area contributed by atoms with E-state index in [1.165, 1.54) is 19.3 Å². The van der Waals surface area contributed by atoms with Gasteiger partial charge >= 0.3 is 5.97 Å². The molecule has 1 aliphatic rings. The first-order chi connectivity index (χ1) is 12.6. The molecule has 1 fully saturated rings. The zero-order valence-corrected chi connectivity index (χ0v) is 14.6. The Labute approximate surface area is 153 Å². The number of ether oxygens (including phenoxy) is 1. The molecule has 5 heteroatoms. The van der Waals surface area contributed by atoms with E-state index in [1.807, 2.05) is 6.07 Å². The van der Waals surface area contributed by atoms with Gasteiger partial charge in [0.2, 0.25) is 0 Å². The van der Waals surface area contributed by atoms with Gasteiger partial charge in [0, 0.05) is 11.6 Å². The van der Waals surface area contributed by atoms with Crippen LogP contribution in [0, 0.1) is 0 Å². The molecule has 0 spiro atoms. The average molecular weight is 353 g/mol. The molecule has 26 heavy (non-hydrogen) atoms. The average Bonchev–Trinajstić information content (AvgIpc) is 2.68. The first-order valence-corrected chi connectivity index (χ1v) is 8.98. The zero-order valence-electron chi connectivity index (χ0n) is 14.6. The number of hydrogen-bond donors (Lipinski definition) is 2. The van der Waals surface area contributed by atoms with Crippen LogP contribution < -0.4 is 10.1 Å². The van der Waals surface area contributed by atoms with E-state index in [9.17, 15) is 9.59 Å². The van der Waals surface area contributed by atoms with E-state index < -0.39 is 5.97 Å². The van der Waals surface area contributed by atoms with E-state index in [4.69, 9.17) is 9.84 Å². The molecule has 0 aromatic heterocycles. The molecule has 0 aliphatic heterocycles. The predicted molar refractivity (Wildman–Crippen MR) is 98.5 cm³/mol. The van der Waals surface area contributed by atoms with Crippen molar-refractivity contribution in [2.45, 2.75) is 44.8 Å². The second kappa shape index (κ2) is 8.52. The van der Waals surface area contributed by atoms with Gasteiger partial charge < -0.3 is 15.2 Å². The fraction of sp³-hybridized carbons (Fsp3) is 0.333. The van der Waals surface area contributed by atoms with Gasteiger partial charge in [-0.3, -0.25) is 4.79 Å². The standard InChI is InChI=1S/C21H23NO4/c23-20(22-18-7-2-1-3-8-18)16-9-11-19(12-10-16)26-14-15-5-4-6-17(13-15)21(24)25/h4-6,9-13,18H,1-3,7-8,14H2,(H,22,23)(H,24,25). The Morgan fingerprint density at radius 2 is 1.73 bits per heavy atom. The summed E-state index contributed by atoms with van der Waals surface area (Å²) in [7, 11) is 0. The number of benzene rings is 2. The third kappa shape index (κ3) is 4.85. The molecular weight excluding hydrogens is 330 g/mol. The number of carboxylic acids is 1. The molecule has 1 aliphatic carbocycles. The highest BCUT2D eigenvalue weighted by Gasteiger charge is 2.16. The number of carbonyl (C=O) groups excluding carboxylic acids is 1. The van der Waals surface area contributed by atoms with Crippen LogP contribution >= 0.6 is 0 Å². The third-order valence-electron chi connectivity index (χ3n) is 4.64. The monoisotopic (exact) mass is 353 g/mol. The molecule has 136 valence electrons. The molecule has 2 N–H and O–H groups in total. The van der Waals surface area contributed by atoms with Crippen molar-refractivity contribution in [1.29, 1.82) is 0 Å². The maximum Gasteiger partial charge on any atom is 0.335 e. The van der Waals surface area contributed by atoms with Crippen molar-refractivity contribution >= 4 is 11.9 Å². The lowest BCUT2D eigenvalue weighted by molar-refractivity contribution is 0.0696. The number of carboxylic acid groups (broad SMARTS) is 1. The van der Waals surface area contributed by atoms with Crippen LogP contribution in [0.4, 0.5) is 0 Å². The van der Waals surface area contributed by atoms with E-state index >= 15 is 0 Å². The number of aromatic carboxylic acids is 1. The van der Waals surface area contributed by atoms with Gasteiger partial charge in [-0.25, -0.2) is 4.79 Å². The number of nitrogens with one attached hydrogen (secondary N) is 1. The van der Waals surface area contributed by atoms with Crippen molar-refractivity contribution in [3.63, 3.8) is 0 Å². The molecule has 0 bridgehead atoms. The van der Waals surface area contributed by atoms with Crippen molar-refractivity contribution in [3.8, 4) is 5.75 Å². The summed E-state index contributed by atoms with van der Waals surface area (Å²) >= 11 is 0. The molecule has 0 heterocycles. The molecule has 0 atom stereocenters. The van der Waals surface area contributed by atoms with Gasteiger partial charge in [-0.1, -0.05) is 31.4 Å². The van der Waals surface area contributed by atoms with E-state index in [0.29, 0.717) is 11.3 Å². The van der Waals surface area contributed by atoms with Crippen molar-refractivity contribution in [1.82, 2.24) is 5.32 Å². The fourth-order valence-corrected chi connectivity index (χ4v) is 3.18. The van der Waals surface area contributed by atoms with Gasteiger partial charge in [0.1, 0.15) is 12.4 Å². The van der Waals surface area contributed by atoms with Crippen LogP contribution in [-0.2, 0) is 6.61 Å². The minimum absolute atomic E-state index is 0.0439. The number of hydrogen-bond acceptors (Lipinski definition) is 3. The summed E-state index contributed by atoms with van der Waals surface area (Å²) in [5.41, 5.74) is 1.64. The summed E-state index contributed by atoms with van der Waals surface area (Å²) in [5.74, 6) is -0.363. The van der Waals surface area contributed by atoms with Crippen LogP contribution in [0.15, 0.2) is 48.5 Å². The van der Waals surface area contributed by atoms with Gasteiger partial charge in [0.05, 0.1) is 5.56 Å². The summed E-state index contributed by atoms with van der Waals surface area (Å²) < 4.78 is 5.69. The van der Waals surface area contributed by atoms with E-state index in [2.05, 4.69) is 5.32 Å². The quantitative estimate of drug-likeness (QED) is 0.822. The van der Waals surface area contributed by atoms with Gasteiger partial charge in [0.25, 0.3) is 5.91 Å². The Bertz CT molecular complexity index is 764. The summed E-state index contributed by atoms with van der Waals surface area (Å²) in [4.78, 5) is 23.3. The van der Waals surface area contributed by atoms with Crippen molar-refractivity contribution in [3.05, 3.63) is 65.2 Å². The minimum Gasteiger partial charge on any atom is -0.489 e. The van der Waals surface area contributed by atoms with E-state index in [1.54, 1.807) is 42.5 Å². The Balaban J connectivity index is 1.54. The highest BCUT2D eigenvalue weighted by atomic mass is 16.5. The summed E-state index contributed by atoms with van der Waals surface area (Å²) in [6.45, 7) is 0.273. The van der Waals surface area contributed by atoms with Crippen molar-refractivity contribution in [2.24, 2.45) is 0 Å². The number of carbonyl (C=O) groups is 2. The molecule has 1 amide bonds. The molecule has 0 unspecified atom stereocenters. The summed E-state index contributed by atoms with van der Waals surface area (Å²) in [6, 6.07) is 14.0. The van der Waals surface area contributed by atoms with E-state index in [-0.39, 0.29) is 24.1 Å². The first kappa shape index (κ1) is 18.0. The molecular formula is C21H23NO4.